The van der Waals surface area contributed by atoms with Gasteiger partial charge in [0.1, 0.15) is 5.75 Å². The van der Waals surface area contributed by atoms with Crippen LogP contribution in [0.3, 0.4) is 0 Å². The lowest BCUT2D eigenvalue weighted by Gasteiger charge is -2.07. The monoisotopic (exact) mass is 406 g/mol. The maximum Gasteiger partial charge on any atom is 0.264 e. The molecular weight excluding hydrogens is 384 g/mol. The molecule has 0 bridgehead atoms. The highest BCUT2D eigenvalue weighted by atomic mass is 32.1. The number of fused-ring (bicyclic) bond motifs is 1. The minimum absolute atomic E-state index is 0.0975. The van der Waals surface area contributed by atoms with Gasteiger partial charge in [-0.15, -0.1) is 16.4 Å². The van der Waals surface area contributed by atoms with Crippen molar-refractivity contribution in [2.45, 2.75) is 27.7 Å². The molecule has 2 aromatic heterocycles. The van der Waals surface area contributed by atoms with E-state index in [1.165, 1.54) is 22.5 Å². The molecule has 0 spiro atoms. The van der Waals surface area contributed by atoms with Gasteiger partial charge in [0, 0.05) is 10.9 Å². The third-order valence-electron chi connectivity index (χ3n) is 4.56. The lowest BCUT2D eigenvalue weighted by molar-refractivity contribution is -0.118. The first kappa shape index (κ1) is 19.1. The number of rotatable bonds is 5. The van der Waals surface area contributed by atoms with E-state index in [2.05, 4.69) is 53.5 Å². The molecule has 2 aromatic carbocycles. The van der Waals surface area contributed by atoms with Crippen LogP contribution < -0.4 is 10.1 Å². The number of carbonyl (C=O) groups excluding carboxylic acids is 1. The van der Waals surface area contributed by atoms with Gasteiger partial charge >= 0.3 is 0 Å². The van der Waals surface area contributed by atoms with Crippen molar-refractivity contribution in [1.29, 1.82) is 0 Å². The third-order valence-corrected chi connectivity index (χ3v) is 5.37. The Morgan fingerprint density at radius 3 is 2.55 bits per heavy atom. The second kappa shape index (κ2) is 7.67. The van der Waals surface area contributed by atoms with Crippen LogP contribution in [0.5, 0.6) is 5.75 Å². The molecule has 0 saturated carbocycles. The Kier molecular flexibility index (Phi) is 5.07. The summed E-state index contributed by atoms with van der Waals surface area (Å²) in [5.41, 5.74) is 6.64. The SMILES string of the molecule is Cc1cc(C)cc(OCC(=O)Nc2nc3scc(-c4ccc(C)cc4C)n3n2)c1. The number of nitrogens with zero attached hydrogens (tertiary/aromatic N) is 3. The second-order valence-electron chi connectivity index (χ2n) is 7.23. The summed E-state index contributed by atoms with van der Waals surface area (Å²) in [6, 6.07) is 12.2. The Balaban J connectivity index is 1.49. The van der Waals surface area contributed by atoms with E-state index in [-0.39, 0.29) is 18.5 Å². The second-order valence-corrected chi connectivity index (χ2v) is 8.07. The van der Waals surface area contributed by atoms with Gasteiger partial charge in [-0.2, -0.15) is 4.98 Å². The van der Waals surface area contributed by atoms with E-state index in [9.17, 15) is 4.79 Å². The van der Waals surface area contributed by atoms with Gasteiger partial charge in [0.2, 0.25) is 4.96 Å². The molecule has 2 heterocycles. The van der Waals surface area contributed by atoms with Gasteiger partial charge in [-0.3, -0.25) is 10.1 Å². The van der Waals surface area contributed by atoms with Gasteiger partial charge in [-0.25, -0.2) is 4.52 Å². The average molecular weight is 407 g/mol. The Morgan fingerprint density at radius 1 is 1.07 bits per heavy atom. The van der Waals surface area contributed by atoms with Crippen LogP contribution in [0.4, 0.5) is 5.95 Å². The average Bonchev–Trinajstić information content (AvgIpc) is 3.20. The summed E-state index contributed by atoms with van der Waals surface area (Å²) in [6.07, 6.45) is 0. The maximum absolute atomic E-state index is 12.3. The summed E-state index contributed by atoms with van der Waals surface area (Å²) in [5, 5.41) is 9.21. The maximum atomic E-state index is 12.3. The molecule has 0 unspecified atom stereocenters. The molecule has 4 aromatic rings. The number of hydrogen-bond donors (Lipinski definition) is 1. The minimum Gasteiger partial charge on any atom is -0.484 e. The Labute approximate surface area is 173 Å². The lowest BCUT2D eigenvalue weighted by Crippen LogP contribution is -2.21. The van der Waals surface area contributed by atoms with E-state index in [0.29, 0.717) is 5.75 Å². The highest BCUT2D eigenvalue weighted by Crippen LogP contribution is 2.28. The number of ether oxygens (including phenoxy) is 1. The summed E-state index contributed by atoms with van der Waals surface area (Å²) in [4.78, 5) is 17.4. The van der Waals surface area contributed by atoms with Gasteiger partial charge < -0.3 is 4.74 Å². The number of carbonyl (C=O) groups is 1. The molecule has 6 nitrogen and oxygen atoms in total. The molecule has 0 aliphatic rings. The van der Waals surface area contributed by atoms with Crippen molar-refractivity contribution < 1.29 is 9.53 Å². The highest BCUT2D eigenvalue weighted by Gasteiger charge is 2.15. The zero-order valence-corrected chi connectivity index (χ0v) is 17.6. The number of hydrogen-bond acceptors (Lipinski definition) is 5. The van der Waals surface area contributed by atoms with E-state index in [4.69, 9.17) is 4.74 Å². The Morgan fingerprint density at radius 2 is 1.83 bits per heavy atom. The quantitative estimate of drug-likeness (QED) is 0.521. The fraction of sp³-hybridized carbons (Fsp3) is 0.227. The van der Waals surface area contributed by atoms with Crippen molar-refractivity contribution in [3.05, 3.63) is 64.0 Å². The molecule has 0 aliphatic carbocycles. The van der Waals surface area contributed by atoms with Gasteiger partial charge in [-0.1, -0.05) is 29.8 Å². The van der Waals surface area contributed by atoms with Crippen LogP contribution in [-0.2, 0) is 4.79 Å². The number of aryl methyl sites for hydroxylation is 4. The predicted molar refractivity (Wildman–Crippen MR) is 116 cm³/mol. The van der Waals surface area contributed by atoms with Gasteiger partial charge in [-0.05, 0) is 56.5 Å². The van der Waals surface area contributed by atoms with Crippen LogP contribution in [0.15, 0.2) is 41.8 Å². The van der Waals surface area contributed by atoms with Crippen LogP contribution in [0.1, 0.15) is 22.3 Å². The zero-order chi connectivity index (χ0) is 20.5. The number of thiazole rings is 1. The van der Waals surface area contributed by atoms with Crippen LogP contribution in [-0.4, -0.2) is 27.1 Å². The fourth-order valence-electron chi connectivity index (χ4n) is 3.35. The molecule has 0 radical (unpaired) electrons. The largest absolute Gasteiger partial charge is 0.484 e. The first-order chi connectivity index (χ1) is 13.9. The molecule has 0 atom stereocenters. The summed E-state index contributed by atoms with van der Waals surface area (Å²) in [6.45, 7) is 8.04. The standard InChI is InChI=1S/C22H22N4O2S/c1-13-5-6-18(16(4)8-13)19-12-29-22-24-21(25-26(19)22)23-20(27)11-28-17-9-14(2)7-15(3)10-17/h5-10,12H,11H2,1-4H3,(H,23,25,27). The van der Waals surface area contributed by atoms with E-state index in [1.54, 1.807) is 4.52 Å². The Hall–Kier alpha value is -3.19. The van der Waals surface area contributed by atoms with Gasteiger partial charge in [0.25, 0.3) is 11.9 Å². The summed E-state index contributed by atoms with van der Waals surface area (Å²) in [5.74, 6) is 0.654. The number of nitrogens with one attached hydrogen (secondary N) is 1. The van der Waals surface area contributed by atoms with E-state index >= 15 is 0 Å². The minimum atomic E-state index is -0.296. The summed E-state index contributed by atoms with van der Waals surface area (Å²) >= 11 is 1.49. The van der Waals surface area contributed by atoms with Crippen molar-refractivity contribution in [3.63, 3.8) is 0 Å². The fourth-order valence-corrected chi connectivity index (χ4v) is 4.17. The zero-order valence-electron chi connectivity index (χ0n) is 16.8. The predicted octanol–water partition coefficient (Wildman–Crippen LogP) is 4.71. The molecular formula is C22H22N4O2S. The third kappa shape index (κ3) is 4.14. The molecule has 1 N–H and O–H groups in total. The van der Waals surface area contributed by atoms with Crippen molar-refractivity contribution in [3.8, 4) is 17.0 Å². The number of anilines is 1. The highest BCUT2D eigenvalue weighted by molar-refractivity contribution is 7.15. The molecule has 7 heteroatoms. The number of amides is 1. The first-order valence-electron chi connectivity index (χ1n) is 9.32. The number of aromatic nitrogens is 3. The van der Waals surface area contributed by atoms with Crippen molar-refractivity contribution >= 4 is 28.2 Å². The van der Waals surface area contributed by atoms with Crippen molar-refractivity contribution in [2.75, 3.05) is 11.9 Å². The van der Waals surface area contributed by atoms with E-state index in [0.717, 1.165) is 27.3 Å². The summed E-state index contributed by atoms with van der Waals surface area (Å²) < 4.78 is 7.37. The molecule has 29 heavy (non-hydrogen) atoms. The normalized spacial score (nSPS) is 11.0. The van der Waals surface area contributed by atoms with Crippen LogP contribution >= 0.6 is 11.3 Å². The molecule has 4 rings (SSSR count). The van der Waals surface area contributed by atoms with Crippen LogP contribution in [0.25, 0.3) is 16.2 Å². The first-order valence-corrected chi connectivity index (χ1v) is 10.2. The van der Waals surface area contributed by atoms with E-state index in [1.807, 2.05) is 31.4 Å². The molecule has 0 fully saturated rings. The van der Waals surface area contributed by atoms with Crippen LogP contribution in [0.2, 0.25) is 0 Å². The van der Waals surface area contributed by atoms with Crippen molar-refractivity contribution in [1.82, 2.24) is 14.6 Å². The smallest absolute Gasteiger partial charge is 0.264 e. The topological polar surface area (TPSA) is 68.5 Å². The van der Waals surface area contributed by atoms with Gasteiger partial charge in [0.05, 0.1) is 5.69 Å². The summed E-state index contributed by atoms with van der Waals surface area (Å²) in [7, 11) is 0. The van der Waals surface area contributed by atoms with E-state index < -0.39 is 0 Å². The lowest BCUT2D eigenvalue weighted by atomic mass is 10.0. The molecule has 0 aliphatic heterocycles. The molecule has 0 saturated heterocycles. The molecule has 148 valence electrons. The van der Waals surface area contributed by atoms with Crippen molar-refractivity contribution in [2.24, 2.45) is 0 Å². The number of benzene rings is 2. The Bertz CT molecular complexity index is 1190. The van der Waals surface area contributed by atoms with Crippen LogP contribution in [0, 0.1) is 27.7 Å². The molecule has 1 amide bonds. The van der Waals surface area contributed by atoms with Gasteiger partial charge in [0.15, 0.2) is 6.61 Å².